The zero-order valence-corrected chi connectivity index (χ0v) is 10.5. The van der Waals surface area contributed by atoms with E-state index in [1.807, 2.05) is 0 Å². The van der Waals surface area contributed by atoms with E-state index in [1.54, 1.807) is 0 Å². The van der Waals surface area contributed by atoms with Crippen LogP contribution in [0.15, 0.2) is 29.4 Å². The molecule has 0 bridgehead atoms. The molecule has 0 aliphatic rings. The minimum Gasteiger partial charge on any atom is -1.00 e. The van der Waals surface area contributed by atoms with Crippen molar-refractivity contribution < 1.29 is 34.8 Å². The molecule has 0 radical (unpaired) electrons. The summed E-state index contributed by atoms with van der Waals surface area (Å²) in [4.78, 5) is 10.8. The van der Waals surface area contributed by atoms with Crippen molar-refractivity contribution in [3.63, 3.8) is 0 Å². The number of primary amides is 1. The number of hydrogen-bond acceptors (Lipinski definition) is 3. The molecular formula is C8H11BrN2O3S. The molecule has 0 atom stereocenters. The Morgan fingerprint density at radius 2 is 1.87 bits per heavy atom. The highest BCUT2D eigenvalue weighted by Crippen LogP contribution is 2.03. The number of halogens is 1. The van der Waals surface area contributed by atoms with Crippen LogP contribution in [0.4, 0.5) is 0 Å². The highest BCUT2D eigenvalue weighted by atomic mass is 79.9. The third-order valence-electron chi connectivity index (χ3n) is 1.63. The molecule has 0 fully saturated rings. The Kier molecular flexibility index (Phi) is 4.89. The van der Waals surface area contributed by atoms with Crippen molar-refractivity contribution in [1.82, 2.24) is 0 Å². The third-order valence-corrected chi connectivity index (χ3v) is 2.76. The van der Waals surface area contributed by atoms with Crippen LogP contribution in [-0.4, -0.2) is 20.6 Å². The molecule has 0 aliphatic carbocycles. The van der Waals surface area contributed by atoms with Crippen LogP contribution in [0.3, 0.4) is 0 Å². The van der Waals surface area contributed by atoms with Gasteiger partial charge in [-0.2, -0.15) is 4.57 Å². The summed E-state index contributed by atoms with van der Waals surface area (Å²) in [7, 11) is -3.18. The van der Waals surface area contributed by atoms with Crippen molar-refractivity contribution >= 4 is 15.7 Å². The Morgan fingerprint density at radius 1 is 1.40 bits per heavy atom. The fourth-order valence-corrected chi connectivity index (χ4v) is 1.59. The van der Waals surface area contributed by atoms with Gasteiger partial charge in [0.05, 0.1) is 4.90 Å². The number of nitrogens with zero attached hydrogens (tertiary/aromatic N) is 1. The summed E-state index contributed by atoms with van der Waals surface area (Å²) in [5.41, 5.74) is 4.97. The highest BCUT2D eigenvalue weighted by Gasteiger charge is 2.10. The number of hydrogen-bond donors (Lipinski definition) is 1. The van der Waals surface area contributed by atoms with Crippen LogP contribution in [-0.2, 0) is 21.2 Å². The van der Waals surface area contributed by atoms with E-state index in [-0.39, 0.29) is 28.4 Å². The second-order valence-corrected chi connectivity index (χ2v) is 4.96. The maximum Gasteiger partial charge on any atom is 0.283 e. The first-order valence-electron chi connectivity index (χ1n) is 3.87. The molecule has 0 aromatic carbocycles. The van der Waals surface area contributed by atoms with Crippen molar-refractivity contribution in [2.45, 2.75) is 11.4 Å². The average molecular weight is 295 g/mol. The molecule has 84 valence electrons. The maximum atomic E-state index is 11.1. The fourth-order valence-electron chi connectivity index (χ4n) is 0.976. The lowest BCUT2D eigenvalue weighted by Crippen LogP contribution is -3.00. The van der Waals surface area contributed by atoms with Gasteiger partial charge in [-0.3, -0.25) is 4.79 Å². The van der Waals surface area contributed by atoms with Gasteiger partial charge in [-0.1, -0.05) is 0 Å². The molecule has 2 N–H and O–H groups in total. The van der Waals surface area contributed by atoms with E-state index in [9.17, 15) is 13.2 Å². The predicted molar refractivity (Wildman–Crippen MR) is 48.9 cm³/mol. The maximum absolute atomic E-state index is 11.1. The number of sulfone groups is 1. The minimum absolute atomic E-state index is 0. The summed E-state index contributed by atoms with van der Waals surface area (Å²) < 4.78 is 23.6. The molecule has 5 nitrogen and oxygen atoms in total. The number of carbonyl (C=O) groups excluding carboxylic acids is 1. The van der Waals surface area contributed by atoms with Crippen LogP contribution in [0.2, 0.25) is 0 Å². The fraction of sp³-hybridized carbons (Fsp3) is 0.250. The largest absolute Gasteiger partial charge is 1.00 e. The van der Waals surface area contributed by atoms with E-state index < -0.39 is 15.7 Å². The van der Waals surface area contributed by atoms with Gasteiger partial charge in [-0.15, -0.1) is 0 Å². The first-order valence-corrected chi connectivity index (χ1v) is 5.76. The van der Waals surface area contributed by atoms with E-state index in [0.29, 0.717) is 0 Å². The quantitative estimate of drug-likeness (QED) is 0.575. The summed E-state index contributed by atoms with van der Waals surface area (Å²) in [5, 5.41) is 0. The van der Waals surface area contributed by atoms with Crippen molar-refractivity contribution in [1.29, 1.82) is 0 Å². The summed E-state index contributed by atoms with van der Waals surface area (Å²) >= 11 is 0. The van der Waals surface area contributed by atoms with Crippen molar-refractivity contribution in [2.75, 3.05) is 6.26 Å². The van der Waals surface area contributed by atoms with Crippen LogP contribution in [0.5, 0.6) is 0 Å². The first-order chi connectivity index (χ1) is 6.39. The number of aromatic nitrogens is 1. The summed E-state index contributed by atoms with van der Waals surface area (Å²) in [6.07, 6.45) is 4.13. The van der Waals surface area contributed by atoms with Crippen LogP contribution in [0.1, 0.15) is 0 Å². The minimum atomic E-state index is -3.18. The van der Waals surface area contributed by atoms with Gasteiger partial charge in [0.25, 0.3) is 5.91 Å². The Bertz CT molecular complexity index is 441. The summed E-state index contributed by atoms with van der Waals surface area (Å²) in [6.45, 7) is 0.0457. The van der Waals surface area contributed by atoms with Crippen molar-refractivity contribution in [2.24, 2.45) is 5.73 Å². The molecule has 0 saturated heterocycles. The van der Waals surface area contributed by atoms with E-state index >= 15 is 0 Å². The van der Waals surface area contributed by atoms with Crippen LogP contribution < -0.4 is 27.3 Å². The second kappa shape index (κ2) is 5.22. The van der Waals surface area contributed by atoms with Gasteiger partial charge < -0.3 is 22.7 Å². The van der Waals surface area contributed by atoms with E-state index in [1.165, 1.54) is 29.1 Å². The lowest BCUT2D eigenvalue weighted by molar-refractivity contribution is -0.684. The summed E-state index contributed by atoms with van der Waals surface area (Å²) in [6, 6.07) is 2.86. The standard InChI is InChI=1S/C8H10N2O3S.BrH/c1-14(12,13)7-2-4-10(5-3-7)6-8(9)11;/h2-5H,6H2,1H3,(H-,9,11);1H. The number of pyridine rings is 1. The monoisotopic (exact) mass is 294 g/mol. The second-order valence-electron chi connectivity index (χ2n) is 2.94. The number of rotatable bonds is 3. The van der Waals surface area contributed by atoms with E-state index in [4.69, 9.17) is 5.73 Å². The van der Waals surface area contributed by atoms with Crippen molar-refractivity contribution in [3.05, 3.63) is 24.5 Å². The van der Waals surface area contributed by atoms with Crippen LogP contribution in [0.25, 0.3) is 0 Å². The highest BCUT2D eigenvalue weighted by molar-refractivity contribution is 7.90. The Labute approximate surface area is 98.6 Å². The van der Waals surface area contributed by atoms with Gasteiger partial charge >= 0.3 is 0 Å². The molecule has 1 aromatic rings. The SMILES string of the molecule is CS(=O)(=O)c1cc[n+](CC(N)=O)cc1.[Br-]. The van der Waals surface area contributed by atoms with Gasteiger partial charge in [-0.25, -0.2) is 8.42 Å². The molecule has 0 spiro atoms. The first kappa shape index (κ1) is 14.1. The molecule has 1 amide bonds. The van der Waals surface area contributed by atoms with Crippen LogP contribution >= 0.6 is 0 Å². The van der Waals surface area contributed by atoms with Gasteiger partial charge in [0.15, 0.2) is 22.2 Å². The summed E-state index contributed by atoms with van der Waals surface area (Å²) in [5.74, 6) is -0.470. The topological polar surface area (TPSA) is 81.1 Å². The zero-order chi connectivity index (χ0) is 10.8. The lowest BCUT2D eigenvalue weighted by Gasteiger charge is -1.96. The normalized spacial score (nSPS) is 10.5. The predicted octanol–water partition coefficient (Wildman–Crippen LogP) is -4.13. The molecule has 1 aromatic heterocycles. The van der Waals surface area contributed by atoms with Gasteiger partial charge in [0.2, 0.25) is 6.54 Å². The molecule has 0 unspecified atom stereocenters. The Morgan fingerprint density at radius 3 is 2.20 bits per heavy atom. The lowest BCUT2D eigenvalue weighted by atomic mass is 10.4. The van der Waals surface area contributed by atoms with E-state index in [2.05, 4.69) is 0 Å². The molecule has 15 heavy (non-hydrogen) atoms. The van der Waals surface area contributed by atoms with Gasteiger partial charge in [-0.05, 0) is 0 Å². The van der Waals surface area contributed by atoms with Gasteiger partial charge in [0.1, 0.15) is 0 Å². The molecule has 1 rings (SSSR count). The molecule has 0 aliphatic heterocycles. The molecular weight excluding hydrogens is 284 g/mol. The Hall–Kier alpha value is -0.950. The number of carbonyl (C=O) groups is 1. The number of nitrogens with two attached hydrogens (primary N) is 1. The smallest absolute Gasteiger partial charge is 0.283 e. The number of amides is 1. The molecule has 1 heterocycles. The zero-order valence-electron chi connectivity index (χ0n) is 8.05. The molecule has 0 saturated carbocycles. The molecule has 7 heteroatoms. The van der Waals surface area contributed by atoms with Crippen molar-refractivity contribution in [3.8, 4) is 0 Å². The van der Waals surface area contributed by atoms with Gasteiger partial charge in [0, 0.05) is 18.4 Å². The van der Waals surface area contributed by atoms with Crippen LogP contribution in [0, 0.1) is 0 Å². The van der Waals surface area contributed by atoms with E-state index in [0.717, 1.165) is 6.26 Å². The third kappa shape index (κ3) is 4.39. The average Bonchev–Trinajstić information content (AvgIpc) is 2.02. The Balaban J connectivity index is 0.00000196.